The number of hydrogen-bond acceptors (Lipinski definition) is 7. The lowest BCUT2D eigenvalue weighted by Crippen LogP contribution is -2.72. The second kappa shape index (κ2) is 4.60. The van der Waals surface area contributed by atoms with E-state index in [1.165, 1.54) is 0 Å². The van der Waals surface area contributed by atoms with Gasteiger partial charge in [0.1, 0.15) is 6.10 Å². The van der Waals surface area contributed by atoms with Crippen molar-refractivity contribution in [2.75, 3.05) is 5.88 Å². The number of carbonyl (C=O) groups is 3. The van der Waals surface area contributed by atoms with E-state index in [0.717, 1.165) is 20.8 Å². The minimum absolute atomic E-state index is 0.513. The molecule has 0 aromatic heterocycles. The van der Waals surface area contributed by atoms with E-state index in [0.29, 0.717) is 0 Å². The summed E-state index contributed by atoms with van der Waals surface area (Å²) in [6.45, 7) is 2.57. The van der Waals surface area contributed by atoms with Crippen molar-refractivity contribution in [2.45, 2.75) is 43.9 Å². The molecular formula is C11H15ClO7. The van der Waals surface area contributed by atoms with Crippen LogP contribution < -0.4 is 0 Å². The SMILES string of the molecule is CC(=O)[C@@]1(O)[C@@](O)(C(C)=O)[C@@H](CCl)O[C@]1(O)C(C)=O. The topological polar surface area (TPSA) is 121 Å². The Bertz CT molecular complexity index is 450. The Kier molecular flexibility index (Phi) is 3.92. The third kappa shape index (κ3) is 1.70. The number of rotatable bonds is 4. The molecule has 19 heavy (non-hydrogen) atoms. The van der Waals surface area contributed by atoms with Crippen LogP contribution in [-0.2, 0) is 19.1 Å². The van der Waals surface area contributed by atoms with E-state index in [1.54, 1.807) is 0 Å². The third-order valence-electron chi connectivity index (χ3n) is 3.48. The van der Waals surface area contributed by atoms with Crippen molar-refractivity contribution in [3.05, 3.63) is 0 Å². The summed E-state index contributed by atoms with van der Waals surface area (Å²) >= 11 is 5.52. The third-order valence-corrected chi connectivity index (χ3v) is 3.76. The van der Waals surface area contributed by atoms with Gasteiger partial charge in [-0.15, -0.1) is 11.6 Å². The number of carbonyl (C=O) groups excluding carboxylic acids is 3. The van der Waals surface area contributed by atoms with Gasteiger partial charge in [0.2, 0.25) is 5.60 Å². The smallest absolute Gasteiger partial charge is 0.267 e. The maximum atomic E-state index is 11.7. The van der Waals surface area contributed by atoms with Gasteiger partial charge in [-0.25, -0.2) is 0 Å². The van der Waals surface area contributed by atoms with Gasteiger partial charge in [-0.05, 0) is 13.8 Å². The average Bonchev–Trinajstić information content (AvgIpc) is 2.50. The first-order chi connectivity index (χ1) is 8.50. The van der Waals surface area contributed by atoms with E-state index in [1.807, 2.05) is 0 Å². The highest BCUT2D eigenvalue weighted by atomic mass is 35.5. The van der Waals surface area contributed by atoms with Crippen LogP contribution in [0.15, 0.2) is 0 Å². The van der Waals surface area contributed by atoms with Gasteiger partial charge in [-0.3, -0.25) is 14.4 Å². The maximum Gasteiger partial charge on any atom is 0.267 e. The second-order valence-electron chi connectivity index (χ2n) is 4.55. The molecule has 3 N–H and O–H groups in total. The number of aliphatic hydroxyl groups is 3. The van der Waals surface area contributed by atoms with Crippen molar-refractivity contribution in [3.63, 3.8) is 0 Å². The highest BCUT2D eigenvalue weighted by molar-refractivity contribution is 6.19. The first-order valence-electron chi connectivity index (χ1n) is 5.44. The van der Waals surface area contributed by atoms with Crippen molar-refractivity contribution in [3.8, 4) is 0 Å². The van der Waals surface area contributed by atoms with Crippen molar-refractivity contribution in [1.82, 2.24) is 0 Å². The fraction of sp³-hybridized carbons (Fsp3) is 0.727. The van der Waals surface area contributed by atoms with Crippen LogP contribution in [-0.4, -0.2) is 61.6 Å². The Morgan fingerprint density at radius 3 is 1.79 bits per heavy atom. The van der Waals surface area contributed by atoms with E-state index in [4.69, 9.17) is 16.3 Å². The fourth-order valence-corrected chi connectivity index (χ4v) is 2.62. The molecule has 0 aromatic rings. The number of Topliss-reactive ketones (excluding diaryl/α,β-unsaturated/α-hetero) is 3. The standard InChI is InChI=1S/C11H15ClO7/c1-5(13)9(16)8(4-12)19-11(18,7(3)15)10(9,17)6(2)14/h8,16-18H,4H2,1-3H3/t8-,9-,10-,11-/m1/s1. The molecule has 0 amide bonds. The predicted octanol–water partition coefficient (Wildman–Crippen LogP) is -1.46. The minimum atomic E-state index is -3.11. The van der Waals surface area contributed by atoms with Gasteiger partial charge in [-0.1, -0.05) is 0 Å². The number of ether oxygens (including phenoxy) is 1. The van der Waals surface area contributed by atoms with Gasteiger partial charge >= 0.3 is 0 Å². The average molecular weight is 295 g/mol. The molecular weight excluding hydrogens is 280 g/mol. The molecule has 0 spiro atoms. The lowest BCUT2D eigenvalue weighted by Gasteiger charge is -2.38. The Morgan fingerprint density at radius 1 is 1.05 bits per heavy atom. The molecule has 108 valence electrons. The summed E-state index contributed by atoms with van der Waals surface area (Å²) in [4.78, 5) is 34.8. The van der Waals surface area contributed by atoms with Crippen molar-refractivity contribution < 1.29 is 34.4 Å². The largest absolute Gasteiger partial charge is 0.376 e. The van der Waals surface area contributed by atoms with Crippen LogP contribution in [0.1, 0.15) is 20.8 Å². The molecule has 1 fully saturated rings. The second-order valence-corrected chi connectivity index (χ2v) is 4.86. The van der Waals surface area contributed by atoms with Crippen molar-refractivity contribution >= 4 is 29.0 Å². The normalized spacial score (nSPS) is 42.2. The molecule has 1 saturated heterocycles. The fourth-order valence-electron chi connectivity index (χ4n) is 2.34. The zero-order valence-electron chi connectivity index (χ0n) is 10.6. The summed E-state index contributed by atoms with van der Waals surface area (Å²) in [6, 6.07) is 0. The molecule has 1 rings (SSSR count). The van der Waals surface area contributed by atoms with Gasteiger partial charge in [0.05, 0.1) is 5.88 Å². The molecule has 0 saturated carbocycles. The van der Waals surface area contributed by atoms with Crippen LogP contribution in [0, 0.1) is 0 Å². The molecule has 0 bridgehead atoms. The Balaban J connectivity index is 3.66. The van der Waals surface area contributed by atoms with Crippen LogP contribution >= 0.6 is 11.6 Å². The van der Waals surface area contributed by atoms with Crippen LogP contribution in [0.25, 0.3) is 0 Å². The van der Waals surface area contributed by atoms with E-state index in [-0.39, 0.29) is 0 Å². The van der Waals surface area contributed by atoms with Crippen LogP contribution in [0.5, 0.6) is 0 Å². The summed E-state index contributed by atoms with van der Waals surface area (Å²) < 4.78 is 4.85. The highest BCUT2D eigenvalue weighted by Crippen LogP contribution is 2.47. The first kappa shape index (κ1) is 16.2. The molecule has 4 atom stereocenters. The molecule has 0 unspecified atom stereocenters. The Hall–Kier alpha value is -0.860. The van der Waals surface area contributed by atoms with E-state index in [2.05, 4.69) is 0 Å². The van der Waals surface area contributed by atoms with Gasteiger partial charge < -0.3 is 20.1 Å². The zero-order chi connectivity index (χ0) is 15.2. The van der Waals surface area contributed by atoms with Gasteiger partial charge in [0.15, 0.2) is 23.0 Å². The monoisotopic (exact) mass is 294 g/mol. The summed E-state index contributed by atoms with van der Waals surface area (Å²) in [5, 5.41) is 30.9. The van der Waals surface area contributed by atoms with Crippen LogP contribution in [0.2, 0.25) is 0 Å². The summed E-state index contributed by atoms with van der Waals surface area (Å²) in [5.41, 5.74) is -5.92. The van der Waals surface area contributed by atoms with Crippen molar-refractivity contribution in [2.24, 2.45) is 0 Å². The molecule has 1 aliphatic rings. The lowest BCUT2D eigenvalue weighted by molar-refractivity contribution is -0.248. The summed E-state index contributed by atoms with van der Waals surface area (Å²) in [5.74, 6) is -6.90. The molecule has 0 aliphatic carbocycles. The molecule has 1 heterocycles. The number of alkyl halides is 1. The lowest BCUT2D eigenvalue weighted by atomic mass is 9.71. The molecule has 0 aromatic carbocycles. The number of hydrogen-bond donors (Lipinski definition) is 3. The maximum absolute atomic E-state index is 11.7. The zero-order valence-corrected chi connectivity index (χ0v) is 11.4. The first-order valence-corrected chi connectivity index (χ1v) is 5.97. The molecule has 0 radical (unpaired) electrons. The van der Waals surface area contributed by atoms with Gasteiger partial charge in [0, 0.05) is 6.92 Å². The van der Waals surface area contributed by atoms with Crippen molar-refractivity contribution in [1.29, 1.82) is 0 Å². The Labute approximate surface area is 114 Å². The predicted molar refractivity (Wildman–Crippen MR) is 62.5 cm³/mol. The quantitative estimate of drug-likeness (QED) is 0.542. The number of ketones is 3. The van der Waals surface area contributed by atoms with E-state index >= 15 is 0 Å². The summed E-state index contributed by atoms with van der Waals surface area (Å²) in [6.07, 6.45) is -1.60. The van der Waals surface area contributed by atoms with Gasteiger partial charge in [-0.2, -0.15) is 0 Å². The Morgan fingerprint density at radius 2 is 1.53 bits per heavy atom. The van der Waals surface area contributed by atoms with Crippen LogP contribution in [0.3, 0.4) is 0 Å². The highest BCUT2D eigenvalue weighted by Gasteiger charge is 2.79. The van der Waals surface area contributed by atoms with E-state index in [9.17, 15) is 29.7 Å². The molecule has 7 nitrogen and oxygen atoms in total. The minimum Gasteiger partial charge on any atom is -0.376 e. The number of halogens is 1. The van der Waals surface area contributed by atoms with Gasteiger partial charge in [0.25, 0.3) is 5.79 Å². The van der Waals surface area contributed by atoms with E-state index < -0.39 is 46.3 Å². The summed E-state index contributed by atoms with van der Waals surface area (Å²) in [7, 11) is 0. The van der Waals surface area contributed by atoms with Crippen LogP contribution in [0.4, 0.5) is 0 Å². The molecule has 1 aliphatic heterocycles. The molecule has 8 heteroatoms.